The van der Waals surface area contributed by atoms with Crippen molar-refractivity contribution in [3.8, 4) is 11.5 Å². The molecule has 0 aromatic heterocycles. The lowest BCUT2D eigenvalue weighted by molar-refractivity contribution is -0.136. The zero-order valence-electron chi connectivity index (χ0n) is 11.4. The normalized spacial score (nSPS) is 18.4. The third kappa shape index (κ3) is 2.86. The number of rotatable bonds is 5. The van der Waals surface area contributed by atoms with E-state index in [1.54, 1.807) is 0 Å². The van der Waals surface area contributed by atoms with Crippen molar-refractivity contribution in [2.24, 2.45) is 0 Å². The second-order valence-corrected chi connectivity index (χ2v) is 5.31. The van der Waals surface area contributed by atoms with Crippen molar-refractivity contribution in [3.63, 3.8) is 0 Å². The summed E-state index contributed by atoms with van der Waals surface area (Å²) in [6.45, 7) is 4.38. The van der Waals surface area contributed by atoms with Gasteiger partial charge >= 0.3 is 0 Å². The molecule has 2 aliphatic rings. The third-order valence-corrected chi connectivity index (χ3v) is 3.48. The van der Waals surface area contributed by atoms with E-state index >= 15 is 0 Å². The summed E-state index contributed by atoms with van der Waals surface area (Å²) in [4.78, 5) is 11.7. The number of benzene rings is 1. The monoisotopic (exact) mass is 278 g/mol. The molecule has 0 atom stereocenters. The van der Waals surface area contributed by atoms with Gasteiger partial charge < -0.3 is 24.8 Å². The maximum atomic E-state index is 11.7. The Morgan fingerprint density at radius 1 is 1.40 bits per heavy atom. The van der Waals surface area contributed by atoms with E-state index in [0.29, 0.717) is 6.54 Å². The Morgan fingerprint density at radius 2 is 2.20 bits per heavy atom. The highest BCUT2D eigenvalue weighted by Crippen LogP contribution is 2.32. The summed E-state index contributed by atoms with van der Waals surface area (Å²) < 4.78 is 16.1. The number of nitrogens with one attached hydrogen (secondary N) is 2. The van der Waals surface area contributed by atoms with E-state index in [1.165, 1.54) is 0 Å². The Morgan fingerprint density at radius 3 is 2.95 bits per heavy atom. The molecule has 6 nitrogen and oxygen atoms in total. The first-order valence-electron chi connectivity index (χ1n) is 6.65. The molecule has 0 unspecified atom stereocenters. The Hall–Kier alpha value is -1.79. The molecule has 0 bridgehead atoms. The van der Waals surface area contributed by atoms with Gasteiger partial charge in [-0.15, -0.1) is 0 Å². The first-order chi connectivity index (χ1) is 9.65. The molecular weight excluding hydrogens is 260 g/mol. The van der Waals surface area contributed by atoms with Gasteiger partial charge in [-0.1, -0.05) is 6.07 Å². The molecule has 2 N–H and O–H groups in total. The van der Waals surface area contributed by atoms with Crippen molar-refractivity contribution in [1.29, 1.82) is 0 Å². The number of fused-ring (bicyclic) bond motifs is 1. The number of hydrogen-bond donors (Lipinski definition) is 2. The highest BCUT2D eigenvalue weighted by Gasteiger charge is 2.32. The van der Waals surface area contributed by atoms with Gasteiger partial charge in [0.1, 0.15) is 6.61 Å². The van der Waals surface area contributed by atoms with Gasteiger partial charge in [-0.3, -0.25) is 4.79 Å². The molecule has 108 valence electrons. The van der Waals surface area contributed by atoms with E-state index in [9.17, 15) is 4.79 Å². The van der Waals surface area contributed by atoms with Crippen molar-refractivity contribution in [2.45, 2.75) is 19.1 Å². The minimum Gasteiger partial charge on any atom is -0.454 e. The Kier molecular flexibility index (Phi) is 3.50. The van der Waals surface area contributed by atoms with E-state index in [1.807, 2.05) is 25.1 Å². The zero-order chi connectivity index (χ0) is 14.0. The first-order valence-corrected chi connectivity index (χ1v) is 6.65. The molecule has 2 heterocycles. The predicted octanol–water partition coefficient (Wildman–Crippen LogP) is 0.410. The second kappa shape index (κ2) is 5.30. The van der Waals surface area contributed by atoms with E-state index in [-0.39, 0.29) is 24.9 Å². The minimum atomic E-state index is -0.198. The van der Waals surface area contributed by atoms with E-state index in [4.69, 9.17) is 14.2 Å². The lowest BCUT2D eigenvalue weighted by Gasteiger charge is -2.38. The molecule has 0 saturated carbocycles. The number of carbonyl (C=O) groups is 1. The molecule has 3 rings (SSSR count). The largest absolute Gasteiger partial charge is 0.454 e. The average molecular weight is 278 g/mol. The van der Waals surface area contributed by atoms with Crippen LogP contribution in [0.5, 0.6) is 11.5 Å². The van der Waals surface area contributed by atoms with E-state index < -0.39 is 0 Å². The van der Waals surface area contributed by atoms with Gasteiger partial charge in [0.25, 0.3) is 0 Å². The van der Waals surface area contributed by atoms with Gasteiger partial charge in [0, 0.05) is 19.6 Å². The van der Waals surface area contributed by atoms with Gasteiger partial charge in [0.15, 0.2) is 11.5 Å². The Bertz CT molecular complexity index is 514. The first kappa shape index (κ1) is 13.2. The molecule has 6 heteroatoms. The van der Waals surface area contributed by atoms with Crippen molar-refractivity contribution in [1.82, 2.24) is 10.6 Å². The topological polar surface area (TPSA) is 68.8 Å². The van der Waals surface area contributed by atoms with Gasteiger partial charge in [-0.25, -0.2) is 0 Å². The van der Waals surface area contributed by atoms with Crippen LogP contribution in [0, 0.1) is 0 Å². The molecule has 0 spiro atoms. The number of ether oxygens (including phenoxy) is 3. The molecule has 1 aromatic rings. The van der Waals surface area contributed by atoms with Crippen LogP contribution >= 0.6 is 0 Å². The summed E-state index contributed by atoms with van der Waals surface area (Å²) >= 11 is 0. The van der Waals surface area contributed by atoms with Crippen LogP contribution in [0.25, 0.3) is 0 Å². The van der Waals surface area contributed by atoms with Gasteiger partial charge in [-0.2, -0.15) is 0 Å². The fourth-order valence-electron chi connectivity index (χ4n) is 2.12. The van der Waals surface area contributed by atoms with Gasteiger partial charge in [0.05, 0.1) is 5.60 Å². The maximum absolute atomic E-state index is 11.7. The van der Waals surface area contributed by atoms with Crippen LogP contribution in [0.15, 0.2) is 18.2 Å². The van der Waals surface area contributed by atoms with Crippen molar-refractivity contribution in [2.75, 3.05) is 26.5 Å². The summed E-state index contributed by atoms with van der Waals surface area (Å²) in [5, 5.41) is 5.95. The van der Waals surface area contributed by atoms with Crippen molar-refractivity contribution in [3.05, 3.63) is 23.8 Å². The van der Waals surface area contributed by atoms with Crippen LogP contribution in [0.2, 0.25) is 0 Å². The Labute approximate surface area is 117 Å². The highest BCUT2D eigenvalue weighted by atomic mass is 16.7. The van der Waals surface area contributed by atoms with Crippen LogP contribution in [-0.2, 0) is 16.1 Å². The van der Waals surface area contributed by atoms with Crippen LogP contribution in [0.4, 0.5) is 0 Å². The quantitative estimate of drug-likeness (QED) is 0.816. The molecule has 2 aliphatic heterocycles. The average Bonchev–Trinajstić information content (AvgIpc) is 2.88. The van der Waals surface area contributed by atoms with E-state index in [0.717, 1.165) is 30.2 Å². The van der Waals surface area contributed by atoms with Crippen LogP contribution in [-0.4, -0.2) is 38.0 Å². The zero-order valence-corrected chi connectivity index (χ0v) is 11.4. The maximum Gasteiger partial charge on any atom is 0.246 e. The Balaban J connectivity index is 1.45. The minimum absolute atomic E-state index is 0.0860. The van der Waals surface area contributed by atoms with E-state index in [2.05, 4.69) is 10.6 Å². The van der Waals surface area contributed by atoms with Crippen molar-refractivity contribution < 1.29 is 19.0 Å². The molecule has 1 amide bonds. The lowest BCUT2D eigenvalue weighted by Crippen LogP contribution is -2.59. The number of hydrogen-bond acceptors (Lipinski definition) is 5. The summed E-state index contributed by atoms with van der Waals surface area (Å²) in [7, 11) is 0. The highest BCUT2D eigenvalue weighted by molar-refractivity contribution is 5.77. The van der Waals surface area contributed by atoms with Crippen LogP contribution in [0.3, 0.4) is 0 Å². The lowest BCUT2D eigenvalue weighted by atomic mass is 10.0. The fourth-order valence-corrected chi connectivity index (χ4v) is 2.12. The molecule has 1 aromatic carbocycles. The van der Waals surface area contributed by atoms with Crippen LogP contribution < -0.4 is 20.1 Å². The smallest absolute Gasteiger partial charge is 0.246 e. The SMILES string of the molecule is CC1(OCC(=O)NCc2ccc3c(c2)OCO3)CNC1. The van der Waals surface area contributed by atoms with Crippen LogP contribution in [0.1, 0.15) is 12.5 Å². The summed E-state index contributed by atoms with van der Waals surface area (Å²) in [6.07, 6.45) is 0. The van der Waals surface area contributed by atoms with Gasteiger partial charge in [-0.05, 0) is 24.6 Å². The standard InChI is InChI=1S/C14H18N2O4/c1-14(7-15-8-14)20-6-13(17)16-5-10-2-3-11-12(4-10)19-9-18-11/h2-4,15H,5-9H2,1H3,(H,16,17). The fraction of sp³-hybridized carbons (Fsp3) is 0.500. The summed E-state index contributed by atoms with van der Waals surface area (Å²) in [5.74, 6) is 1.35. The molecule has 1 saturated heterocycles. The second-order valence-electron chi connectivity index (χ2n) is 5.31. The molecule has 1 fully saturated rings. The molecule has 0 aliphatic carbocycles. The number of amides is 1. The molecular formula is C14H18N2O4. The van der Waals surface area contributed by atoms with Gasteiger partial charge in [0.2, 0.25) is 12.7 Å². The molecule has 20 heavy (non-hydrogen) atoms. The summed E-state index contributed by atoms with van der Waals surface area (Å²) in [5.41, 5.74) is 0.773. The predicted molar refractivity (Wildman–Crippen MR) is 71.6 cm³/mol. The number of carbonyl (C=O) groups excluding carboxylic acids is 1. The van der Waals surface area contributed by atoms with Crippen molar-refractivity contribution >= 4 is 5.91 Å². The summed E-state index contributed by atoms with van der Waals surface area (Å²) in [6, 6.07) is 5.63. The third-order valence-electron chi connectivity index (χ3n) is 3.48. The molecule has 0 radical (unpaired) electrons.